The summed E-state index contributed by atoms with van der Waals surface area (Å²) in [5.74, 6) is 0.412. The van der Waals surface area contributed by atoms with Crippen LogP contribution < -0.4 is 10.5 Å². The molecular weight excluding hydrogens is 341 g/mol. The first-order chi connectivity index (χ1) is 8.65. The molecule has 2 aromatic rings. The molecule has 0 unspecified atom stereocenters. The highest BCUT2D eigenvalue weighted by Crippen LogP contribution is 2.15. The zero-order valence-corrected chi connectivity index (χ0v) is 11.8. The van der Waals surface area contributed by atoms with Gasteiger partial charge in [0.2, 0.25) is 5.91 Å². The number of benzene rings is 2. The van der Waals surface area contributed by atoms with Gasteiger partial charge in [-0.15, -0.1) is 0 Å². The molecule has 0 atom stereocenters. The summed E-state index contributed by atoms with van der Waals surface area (Å²) in [6, 6.07) is 14.9. The summed E-state index contributed by atoms with van der Waals surface area (Å²) >= 11 is 2.25. The summed E-state index contributed by atoms with van der Waals surface area (Å²) in [5.41, 5.74) is 6.68. The zero-order chi connectivity index (χ0) is 13.0. The molecule has 0 bridgehead atoms. The van der Waals surface area contributed by atoms with Crippen molar-refractivity contribution in [1.29, 1.82) is 0 Å². The van der Waals surface area contributed by atoms with E-state index in [0.29, 0.717) is 12.2 Å². The normalized spacial score (nSPS) is 10.1. The number of hydrogen-bond donors (Lipinski definition) is 1. The molecule has 0 saturated heterocycles. The van der Waals surface area contributed by atoms with E-state index in [1.165, 1.54) is 3.57 Å². The van der Waals surface area contributed by atoms with Gasteiger partial charge in [-0.3, -0.25) is 4.79 Å². The van der Waals surface area contributed by atoms with Gasteiger partial charge in [0.05, 0.1) is 0 Å². The molecule has 0 fully saturated rings. The van der Waals surface area contributed by atoms with Crippen molar-refractivity contribution in [2.75, 3.05) is 0 Å². The Hall–Kier alpha value is -1.56. The Balaban J connectivity index is 1.97. The molecule has 92 valence electrons. The average molecular weight is 353 g/mol. The standard InChI is InChI=1S/C14H12INO2/c15-12-5-7-13(8-6-12)18-9-10-1-3-11(4-2-10)14(16)17/h1-8H,9H2,(H2,16,17). The number of hydrogen-bond acceptors (Lipinski definition) is 2. The van der Waals surface area contributed by atoms with Gasteiger partial charge in [0, 0.05) is 9.13 Å². The number of rotatable bonds is 4. The number of primary amides is 1. The second-order valence-corrected chi connectivity index (χ2v) is 5.05. The van der Waals surface area contributed by atoms with Gasteiger partial charge in [-0.1, -0.05) is 12.1 Å². The molecule has 2 N–H and O–H groups in total. The van der Waals surface area contributed by atoms with Gasteiger partial charge in [-0.2, -0.15) is 0 Å². The molecule has 0 saturated carbocycles. The van der Waals surface area contributed by atoms with Crippen molar-refractivity contribution in [3.8, 4) is 5.75 Å². The fourth-order valence-corrected chi connectivity index (χ4v) is 1.82. The van der Waals surface area contributed by atoms with E-state index in [-0.39, 0.29) is 0 Å². The van der Waals surface area contributed by atoms with Gasteiger partial charge in [-0.05, 0) is 64.6 Å². The first-order valence-electron chi connectivity index (χ1n) is 5.42. The van der Waals surface area contributed by atoms with Crippen molar-refractivity contribution >= 4 is 28.5 Å². The van der Waals surface area contributed by atoms with Gasteiger partial charge >= 0.3 is 0 Å². The molecule has 3 nitrogen and oxygen atoms in total. The van der Waals surface area contributed by atoms with E-state index < -0.39 is 5.91 Å². The van der Waals surface area contributed by atoms with Crippen molar-refractivity contribution in [2.24, 2.45) is 5.73 Å². The van der Waals surface area contributed by atoms with Crippen LogP contribution in [0.2, 0.25) is 0 Å². The molecule has 0 aromatic heterocycles. The number of nitrogens with two attached hydrogens (primary N) is 1. The van der Waals surface area contributed by atoms with Gasteiger partial charge < -0.3 is 10.5 Å². The third-order valence-electron chi connectivity index (χ3n) is 2.46. The molecule has 18 heavy (non-hydrogen) atoms. The fraction of sp³-hybridized carbons (Fsp3) is 0.0714. The molecule has 2 aromatic carbocycles. The second-order valence-electron chi connectivity index (χ2n) is 3.80. The number of ether oxygens (including phenoxy) is 1. The molecule has 1 amide bonds. The lowest BCUT2D eigenvalue weighted by Gasteiger charge is -2.06. The topological polar surface area (TPSA) is 52.3 Å². The number of carbonyl (C=O) groups is 1. The maximum Gasteiger partial charge on any atom is 0.248 e. The van der Waals surface area contributed by atoms with Crippen LogP contribution in [0.5, 0.6) is 5.75 Å². The Morgan fingerprint density at radius 3 is 2.22 bits per heavy atom. The molecule has 0 spiro atoms. The Morgan fingerprint density at radius 2 is 1.67 bits per heavy atom. The smallest absolute Gasteiger partial charge is 0.248 e. The average Bonchev–Trinajstić information content (AvgIpc) is 2.38. The Kier molecular flexibility index (Phi) is 4.19. The summed E-state index contributed by atoms with van der Waals surface area (Å²) in [5, 5.41) is 0. The van der Waals surface area contributed by atoms with E-state index in [1.54, 1.807) is 12.1 Å². The van der Waals surface area contributed by atoms with Crippen LogP contribution in [0.4, 0.5) is 0 Å². The largest absolute Gasteiger partial charge is 0.489 e. The lowest BCUT2D eigenvalue weighted by Crippen LogP contribution is -2.10. The van der Waals surface area contributed by atoms with E-state index in [0.717, 1.165) is 11.3 Å². The van der Waals surface area contributed by atoms with Crippen LogP contribution in [0.15, 0.2) is 48.5 Å². The van der Waals surface area contributed by atoms with E-state index in [9.17, 15) is 4.79 Å². The van der Waals surface area contributed by atoms with Crippen molar-refractivity contribution in [1.82, 2.24) is 0 Å². The molecule has 0 aliphatic rings. The molecule has 4 heteroatoms. The molecule has 0 radical (unpaired) electrons. The van der Waals surface area contributed by atoms with Gasteiger partial charge in [-0.25, -0.2) is 0 Å². The lowest BCUT2D eigenvalue weighted by atomic mass is 10.1. The summed E-state index contributed by atoms with van der Waals surface area (Å²) in [7, 11) is 0. The predicted molar refractivity (Wildman–Crippen MR) is 78.5 cm³/mol. The maximum atomic E-state index is 10.9. The van der Waals surface area contributed by atoms with Crippen LogP contribution in [0.1, 0.15) is 15.9 Å². The van der Waals surface area contributed by atoms with Crippen LogP contribution in [-0.2, 0) is 6.61 Å². The second kappa shape index (κ2) is 5.86. The Morgan fingerprint density at radius 1 is 1.06 bits per heavy atom. The van der Waals surface area contributed by atoms with Crippen molar-refractivity contribution in [3.05, 3.63) is 63.2 Å². The zero-order valence-electron chi connectivity index (χ0n) is 9.60. The highest BCUT2D eigenvalue weighted by Gasteiger charge is 2.00. The van der Waals surface area contributed by atoms with E-state index >= 15 is 0 Å². The lowest BCUT2D eigenvalue weighted by molar-refractivity contribution is 0.1000. The molecule has 0 aliphatic carbocycles. The van der Waals surface area contributed by atoms with E-state index in [2.05, 4.69) is 22.6 Å². The van der Waals surface area contributed by atoms with Crippen LogP contribution in [0.25, 0.3) is 0 Å². The fourth-order valence-electron chi connectivity index (χ4n) is 1.46. The minimum Gasteiger partial charge on any atom is -0.489 e. The van der Waals surface area contributed by atoms with Gasteiger partial charge in [0.1, 0.15) is 12.4 Å². The van der Waals surface area contributed by atoms with E-state index in [4.69, 9.17) is 10.5 Å². The minimum atomic E-state index is -0.417. The van der Waals surface area contributed by atoms with Gasteiger partial charge in [0.25, 0.3) is 0 Å². The first-order valence-corrected chi connectivity index (χ1v) is 6.50. The number of halogens is 1. The highest BCUT2D eigenvalue weighted by atomic mass is 127. The summed E-state index contributed by atoms with van der Waals surface area (Å²) < 4.78 is 6.80. The van der Waals surface area contributed by atoms with Crippen molar-refractivity contribution < 1.29 is 9.53 Å². The number of carbonyl (C=O) groups excluding carboxylic acids is 1. The quantitative estimate of drug-likeness (QED) is 0.860. The highest BCUT2D eigenvalue weighted by molar-refractivity contribution is 14.1. The summed E-state index contributed by atoms with van der Waals surface area (Å²) in [4.78, 5) is 10.9. The molecule has 0 heterocycles. The summed E-state index contributed by atoms with van der Waals surface area (Å²) in [6.45, 7) is 0.472. The maximum absolute atomic E-state index is 10.9. The molecular formula is C14H12INO2. The van der Waals surface area contributed by atoms with E-state index in [1.807, 2.05) is 36.4 Å². The molecule has 2 rings (SSSR count). The van der Waals surface area contributed by atoms with Crippen LogP contribution in [-0.4, -0.2) is 5.91 Å². The van der Waals surface area contributed by atoms with Crippen molar-refractivity contribution in [2.45, 2.75) is 6.61 Å². The summed E-state index contributed by atoms with van der Waals surface area (Å²) in [6.07, 6.45) is 0. The van der Waals surface area contributed by atoms with Crippen LogP contribution >= 0.6 is 22.6 Å². The Labute approximate surface area is 119 Å². The van der Waals surface area contributed by atoms with Crippen LogP contribution in [0, 0.1) is 3.57 Å². The monoisotopic (exact) mass is 353 g/mol. The molecule has 0 aliphatic heterocycles. The number of amides is 1. The van der Waals surface area contributed by atoms with Gasteiger partial charge in [0.15, 0.2) is 0 Å². The van der Waals surface area contributed by atoms with Crippen LogP contribution in [0.3, 0.4) is 0 Å². The Bertz CT molecular complexity index is 535. The third-order valence-corrected chi connectivity index (χ3v) is 3.18. The SMILES string of the molecule is NC(=O)c1ccc(COc2ccc(I)cc2)cc1. The first kappa shape index (κ1) is 12.9. The minimum absolute atomic E-state index is 0.417. The predicted octanol–water partition coefficient (Wildman–Crippen LogP) is 2.97. The van der Waals surface area contributed by atoms with Crippen molar-refractivity contribution in [3.63, 3.8) is 0 Å². The third kappa shape index (κ3) is 3.46.